The van der Waals surface area contributed by atoms with Crippen molar-refractivity contribution in [3.8, 4) is 0 Å². The molecule has 3 fully saturated rings. The first-order valence-electron chi connectivity index (χ1n) is 10.1. The number of rotatable bonds is 2. The third kappa shape index (κ3) is 2.42. The molecule has 138 valence electrons. The van der Waals surface area contributed by atoms with Crippen LogP contribution in [0.1, 0.15) is 59.3 Å². The molecule has 3 nitrogen and oxygen atoms in total. The monoisotopic (exact) mass is 344 g/mol. The van der Waals surface area contributed by atoms with Crippen LogP contribution in [0, 0.1) is 40.4 Å². The summed E-state index contributed by atoms with van der Waals surface area (Å²) in [7, 11) is 0. The van der Waals surface area contributed by atoms with Crippen molar-refractivity contribution in [1.82, 2.24) is 0 Å². The Morgan fingerprint density at radius 2 is 1.88 bits per heavy atom. The summed E-state index contributed by atoms with van der Waals surface area (Å²) < 4.78 is 0. The zero-order valence-electron chi connectivity index (χ0n) is 15.7. The van der Waals surface area contributed by atoms with Gasteiger partial charge in [0.2, 0.25) is 0 Å². The van der Waals surface area contributed by atoms with Gasteiger partial charge in [0.1, 0.15) is 0 Å². The molecule has 0 spiro atoms. The molecule has 4 aliphatic rings. The number of aliphatic hydroxyl groups excluding tert-OH is 1. The molecule has 0 bridgehead atoms. The Morgan fingerprint density at radius 3 is 2.60 bits per heavy atom. The number of carbonyl (C=O) groups excluding carboxylic acids is 1. The number of allylic oxidation sites excluding steroid dienone is 4. The molecule has 0 aromatic carbocycles. The van der Waals surface area contributed by atoms with E-state index in [2.05, 4.69) is 19.9 Å². The predicted octanol–water partition coefficient (Wildman–Crippen LogP) is 3.86. The van der Waals surface area contributed by atoms with Crippen LogP contribution in [0.4, 0.5) is 0 Å². The van der Waals surface area contributed by atoms with Crippen molar-refractivity contribution < 1.29 is 15.0 Å². The summed E-state index contributed by atoms with van der Waals surface area (Å²) in [5.74, 6) is 2.52. The van der Waals surface area contributed by atoms with Crippen LogP contribution in [-0.2, 0) is 4.79 Å². The third-order valence-electron chi connectivity index (χ3n) is 8.73. The molecule has 0 amide bonds. The highest BCUT2D eigenvalue weighted by atomic mass is 16.5. The number of ketones is 1. The quantitative estimate of drug-likeness (QED) is 0.748. The van der Waals surface area contributed by atoms with E-state index in [9.17, 15) is 15.0 Å². The van der Waals surface area contributed by atoms with Crippen molar-refractivity contribution in [3.63, 3.8) is 0 Å². The Kier molecular flexibility index (Phi) is 4.05. The van der Waals surface area contributed by atoms with Crippen molar-refractivity contribution in [2.75, 3.05) is 0 Å². The van der Waals surface area contributed by atoms with E-state index in [1.165, 1.54) is 31.3 Å². The van der Waals surface area contributed by atoms with E-state index in [4.69, 9.17) is 0 Å². The lowest BCUT2D eigenvalue weighted by molar-refractivity contribution is -0.123. The van der Waals surface area contributed by atoms with Crippen LogP contribution < -0.4 is 0 Å². The van der Waals surface area contributed by atoms with E-state index in [0.29, 0.717) is 23.7 Å². The van der Waals surface area contributed by atoms with E-state index in [0.717, 1.165) is 12.8 Å². The summed E-state index contributed by atoms with van der Waals surface area (Å²) >= 11 is 0. The average Bonchev–Trinajstić information content (AvgIpc) is 2.92. The number of hydrogen-bond acceptors (Lipinski definition) is 3. The van der Waals surface area contributed by atoms with Gasteiger partial charge in [-0.25, -0.2) is 0 Å². The van der Waals surface area contributed by atoms with Crippen molar-refractivity contribution in [3.05, 3.63) is 23.8 Å². The third-order valence-corrected chi connectivity index (χ3v) is 8.73. The molecular formula is C22H32O3. The van der Waals surface area contributed by atoms with Crippen molar-refractivity contribution in [2.24, 2.45) is 40.4 Å². The van der Waals surface area contributed by atoms with E-state index in [1.807, 2.05) is 13.0 Å². The van der Waals surface area contributed by atoms with Gasteiger partial charge in [0.25, 0.3) is 0 Å². The molecule has 0 aliphatic heterocycles. The lowest BCUT2D eigenvalue weighted by Crippen LogP contribution is -2.50. The molecule has 0 aromatic rings. The molecule has 0 saturated heterocycles. The largest absolute Gasteiger partial charge is 0.368 e. The topological polar surface area (TPSA) is 57.5 Å². The Balaban J connectivity index is 1.64. The maximum atomic E-state index is 11.8. The van der Waals surface area contributed by atoms with Crippen molar-refractivity contribution in [2.45, 2.75) is 65.6 Å². The minimum absolute atomic E-state index is 0.0478. The number of carbonyl (C=O) groups is 1. The van der Waals surface area contributed by atoms with Crippen LogP contribution >= 0.6 is 0 Å². The molecule has 4 rings (SSSR count). The maximum Gasteiger partial charge on any atom is 0.178 e. The van der Waals surface area contributed by atoms with Gasteiger partial charge in [-0.05, 0) is 79.8 Å². The number of aliphatic hydroxyl groups is 2. The van der Waals surface area contributed by atoms with Gasteiger partial charge < -0.3 is 10.2 Å². The summed E-state index contributed by atoms with van der Waals surface area (Å²) in [5, 5.41) is 19.5. The molecule has 3 heteroatoms. The van der Waals surface area contributed by atoms with Gasteiger partial charge in [0.15, 0.2) is 12.1 Å². The Bertz CT molecular complexity index is 633. The normalized spacial score (nSPS) is 47.1. The fourth-order valence-electron chi connectivity index (χ4n) is 7.31. The smallest absolute Gasteiger partial charge is 0.178 e. The van der Waals surface area contributed by atoms with Crippen LogP contribution in [0.3, 0.4) is 0 Å². The van der Waals surface area contributed by atoms with Crippen LogP contribution in [0.15, 0.2) is 23.8 Å². The van der Waals surface area contributed by atoms with E-state index in [-0.39, 0.29) is 22.5 Å². The van der Waals surface area contributed by atoms with Crippen LogP contribution in [0.5, 0.6) is 0 Å². The second kappa shape index (κ2) is 5.79. The fraction of sp³-hybridized carbons (Fsp3) is 0.773. The van der Waals surface area contributed by atoms with Crippen LogP contribution in [-0.4, -0.2) is 22.3 Å². The summed E-state index contributed by atoms with van der Waals surface area (Å²) in [6, 6.07) is 0. The highest BCUT2D eigenvalue weighted by Gasteiger charge is 2.59. The predicted molar refractivity (Wildman–Crippen MR) is 97.5 cm³/mol. The highest BCUT2D eigenvalue weighted by Crippen LogP contribution is 2.67. The number of fused-ring (bicyclic) bond motifs is 5. The van der Waals surface area contributed by atoms with E-state index >= 15 is 0 Å². The SMILES string of the molecule is CC(C(O)O)[C@H]1CC[C@H]2[C@@H]3CCC4=CC(=O)C=C[C@]4(C)[C@H]3CC[C@]12C. The summed E-state index contributed by atoms with van der Waals surface area (Å²) in [4.78, 5) is 11.8. The molecule has 2 N–H and O–H groups in total. The van der Waals surface area contributed by atoms with Crippen LogP contribution in [0.25, 0.3) is 0 Å². The second-order valence-corrected chi connectivity index (χ2v) is 9.60. The molecule has 0 radical (unpaired) electrons. The van der Waals surface area contributed by atoms with Gasteiger partial charge in [0, 0.05) is 11.3 Å². The summed E-state index contributed by atoms with van der Waals surface area (Å²) in [6.45, 7) is 6.76. The first kappa shape index (κ1) is 17.5. The number of hydrogen-bond donors (Lipinski definition) is 2. The molecule has 0 heterocycles. The fourth-order valence-corrected chi connectivity index (χ4v) is 7.31. The van der Waals surface area contributed by atoms with Crippen molar-refractivity contribution in [1.29, 1.82) is 0 Å². The van der Waals surface area contributed by atoms with Crippen molar-refractivity contribution >= 4 is 5.78 Å². The minimum Gasteiger partial charge on any atom is -0.368 e. The molecule has 0 aromatic heterocycles. The van der Waals surface area contributed by atoms with Gasteiger partial charge >= 0.3 is 0 Å². The van der Waals surface area contributed by atoms with Gasteiger partial charge in [-0.2, -0.15) is 0 Å². The first-order chi connectivity index (χ1) is 11.8. The molecule has 3 saturated carbocycles. The van der Waals surface area contributed by atoms with E-state index < -0.39 is 6.29 Å². The summed E-state index contributed by atoms with van der Waals surface area (Å²) in [5.41, 5.74) is 1.63. The lowest BCUT2D eigenvalue weighted by atomic mass is 9.47. The lowest BCUT2D eigenvalue weighted by Gasteiger charge is -2.57. The van der Waals surface area contributed by atoms with Gasteiger partial charge in [-0.3, -0.25) is 4.79 Å². The second-order valence-electron chi connectivity index (χ2n) is 9.60. The maximum absolute atomic E-state index is 11.8. The molecule has 4 aliphatic carbocycles. The molecule has 1 unspecified atom stereocenters. The van der Waals surface area contributed by atoms with E-state index in [1.54, 1.807) is 6.08 Å². The summed E-state index contributed by atoms with van der Waals surface area (Å²) in [6.07, 6.45) is 11.6. The minimum atomic E-state index is -1.20. The Morgan fingerprint density at radius 1 is 1.12 bits per heavy atom. The van der Waals surface area contributed by atoms with Gasteiger partial charge in [0.05, 0.1) is 0 Å². The Labute approximate surface area is 151 Å². The zero-order valence-corrected chi connectivity index (χ0v) is 15.7. The molecule has 7 atom stereocenters. The van der Waals surface area contributed by atoms with Crippen LogP contribution in [0.2, 0.25) is 0 Å². The molecular weight excluding hydrogens is 312 g/mol. The highest BCUT2D eigenvalue weighted by molar-refractivity contribution is 6.01. The standard InChI is InChI=1S/C22H32O3/c1-13(20(24)25)17-6-7-18-16-5-4-14-12-15(23)8-10-21(14,2)19(16)9-11-22(17,18)3/h8,10,12-13,16-20,24-25H,4-7,9,11H2,1-3H3/t13?,16-,17+,18-,19-,21-,22+/m0/s1. The molecule has 25 heavy (non-hydrogen) atoms. The van der Waals surface area contributed by atoms with Gasteiger partial charge in [-0.15, -0.1) is 0 Å². The zero-order chi connectivity index (χ0) is 18.0. The van der Waals surface area contributed by atoms with Gasteiger partial charge in [-0.1, -0.05) is 32.4 Å². The average molecular weight is 344 g/mol. The Hall–Kier alpha value is -0.930. The first-order valence-corrected chi connectivity index (χ1v) is 10.1.